The van der Waals surface area contributed by atoms with Crippen LogP contribution in [0.4, 0.5) is 0 Å². The van der Waals surface area contributed by atoms with E-state index in [9.17, 15) is 0 Å². The van der Waals surface area contributed by atoms with Crippen LogP contribution in [0.25, 0.3) is 0 Å². The fourth-order valence-electron chi connectivity index (χ4n) is 1.46. The molecule has 1 rings (SSSR count). The molecule has 0 aliphatic carbocycles. The third-order valence-corrected chi connectivity index (χ3v) is 5.33. The van der Waals surface area contributed by atoms with Crippen molar-refractivity contribution in [2.75, 3.05) is 20.8 Å². The highest BCUT2D eigenvalue weighted by Crippen LogP contribution is 2.27. The Hall–Kier alpha value is 0.0569. The molecule has 0 N–H and O–H groups in total. The average Bonchev–Trinajstić information content (AvgIpc) is 2.94. The van der Waals surface area contributed by atoms with Gasteiger partial charge in [0, 0.05) is 20.3 Å². The van der Waals surface area contributed by atoms with E-state index in [4.69, 9.17) is 18.0 Å². The van der Waals surface area contributed by atoms with Crippen molar-refractivity contribution in [1.82, 2.24) is 0 Å². The molecule has 0 spiro atoms. The summed E-state index contributed by atoms with van der Waals surface area (Å²) in [6.07, 6.45) is 1.36. The predicted octanol–water partition coefficient (Wildman–Crippen LogP) is 3.73. The molecule has 0 saturated carbocycles. The highest BCUT2D eigenvalue weighted by molar-refractivity contribution is 6.60. The van der Waals surface area contributed by atoms with E-state index in [2.05, 4.69) is 0 Å². The predicted molar refractivity (Wildman–Crippen MR) is 80.0 cm³/mol. The molecule has 1 fully saturated rings. The summed E-state index contributed by atoms with van der Waals surface area (Å²) in [5, 5.41) is 0. The molecule has 0 aromatic heterocycles. The number of hydrogen-bond donors (Lipinski definition) is 0. The fourth-order valence-corrected chi connectivity index (χ4v) is 3.91. The van der Waals surface area contributed by atoms with Crippen molar-refractivity contribution in [2.24, 2.45) is 0 Å². The van der Waals surface area contributed by atoms with Gasteiger partial charge in [-0.15, -0.1) is 0 Å². The maximum Gasteiger partial charge on any atom is 0.500 e. The second-order valence-electron chi connectivity index (χ2n) is 4.80. The number of rotatable bonds is 6. The maximum atomic E-state index is 5.94. The Balaban J connectivity index is -0.000000750. The largest absolute Gasteiger partial charge is 0.500 e. The maximum absolute atomic E-state index is 5.94. The zero-order valence-corrected chi connectivity index (χ0v) is 11.3. The number of epoxide rings is 1. The lowest BCUT2D eigenvalue weighted by Crippen LogP contribution is -2.49. The minimum Gasteiger partial charge on any atom is -0.377 e. The van der Waals surface area contributed by atoms with E-state index in [1.54, 1.807) is 14.2 Å². The molecule has 4 nitrogen and oxygen atoms in total. The van der Waals surface area contributed by atoms with Crippen LogP contribution in [0, 0.1) is 0 Å². The van der Waals surface area contributed by atoms with E-state index in [-0.39, 0.29) is 27.9 Å². The van der Waals surface area contributed by atoms with Crippen molar-refractivity contribution >= 4 is 8.80 Å². The molecular weight excluding hydrogens is 248 g/mol. The van der Waals surface area contributed by atoms with Gasteiger partial charge in [0.15, 0.2) is 0 Å². The topological polar surface area (TPSA) is 40.2 Å². The second kappa shape index (κ2) is 9.04. The van der Waals surface area contributed by atoms with Crippen molar-refractivity contribution in [3.63, 3.8) is 0 Å². The van der Waals surface area contributed by atoms with Gasteiger partial charge in [-0.2, -0.15) is 0 Å². The van der Waals surface area contributed by atoms with Gasteiger partial charge >= 0.3 is 8.80 Å². The zero-order chi connectivity index (χ0) is 11.5. The molecular formula is C13H34O4Si. The van der Waals surface area contributed by atoms with E-state index < -0.39 is 8.80 Å². The molecule has 0 bridgehead atoms. The normalized spacial score (nSPS) is 18.2. The van der Waals surface area contributed by atoms with E-state index in [0.29, 0.717) is 6.10 Å². The summed E-state index contributed by atoms with van der Waals surface area (Å²) < 4.78 is 22.1. The van der Waals surface area contributed by atoms with Gasteiger partial charge in [-0.05, 0) is 27.2 Å². The van der Waals surface area contributed by atoms with Crippen LogP contribution in [0.15, 0.2) is 0 Å². The van der Waals surface area contributed by atoms with Crippen LogP contribution in [0.3, 0.4) is 0 Å². The van der Waals surface area contributed by atoms with Crippen molar-refractivity contribution in [1.29, 1.82) is 0 Å². The Bertz CT molecular complexity index is 196. The first kappa shape index (κ1) is 23.2. The summed E-state index contributed by atoms with van der Waals surface area (Å²) in [5.41, 5.74) is -0.233. The summed E-state index contributed by atoms with van der Waals surface area (Å²) in [6, 6.07) is 0.821. The quantitative estimate of drug-likeness (QED) is 0.550. The van der Waals surface area contributed by atoms with Crippen LogP contribution in [0.1, 0.15) is 49.5 Å². The molecule has 1 aliphatic heterocycles. The Morgan fingerprint density at radius 1 is 1.11 bits per heavy atom. The first-order valence-corrected chi connectivity index (χ1v) is 7.26. The minimum atomic E-state index is -2.48. The average molecular weight is 282 g/mol. The van der Waals surface area contributed by atoms with Gasteiger partial charge in [0.2, 0.25) is 0 Å². The summed E-state index contributed by atoms with van der Waals surface area (Å²) in [7, 11) is 0.842. The first-order valence-electron chi connectivity index (χ1n) is 5.33. The van der Waals surface area contributed by atoms with Crippen LogP contribution in [-0.4, -0.2) is 41.3 Å². The molecule has 1 saturated heterocycles. The molecule has 5 heteroatoms. The van der Waals surface area contributed by atoms with Crippen LogP contribution in [0.5, 0.6) is 0 Å². The van der Waals surface area contributed by atoms with Crippen LogP contribution < -0.4 is 0 Å². The van der Waals surface area contributed by atoms with Crippen molar-refractivity contribution in [2.45, 2.75) is 67.2 Å². The number of hydrogen-bond acceptors (Lipinski definition) is 4. The van der Waals surface area contributed by atoms with E-state index in [0.717, 1.165) is 19.1 Å². The number of ether oxygens (including phenoxy) is 1. The summed E-state index contributed by atoms with van der Waals surface area (Å²) in [6.45, 7) is 6.91. The highest BCUT2D eigenvalue weighted by atomic mass is 28.4. The molecule has 1 atom stereocenters. The van der Waals surface area contributed by atoms with Crippen molar-refractivity contribution in [3.8, 4) is 0 Å². The highest BCUT2D eigenvalue weighted by Gasteiger charge is 2.44. The third kappa shape index (κ3) is 8.21. The van der Waals surface area contributed by atoms with Gasteiger partial charge in [-0.1, -0.05) is 22.3 Å². The third-order valence-electron chi connectivity index (χ3n) is 2.26. The smallest absolute Gasteiger partial charge is 0.377 e. The first-order chi connectivity index (χ1) is 6.91. The van der Waals surface area contributed by atoms with Crippen molar-refractivity contribution in [3.05, 3.63) is 0 Å². The lowest BCUT2D eigenvalue weighted by molar-refractivity contribution is 0.0159. The van der Waals surface area contributed by atoms with E-state index >= 15 is 0 Å². The molecule has 1 heterocycles. The molecule has 0 amide bonds. The van der Waals surface area contributed by atoms with Crippen LogP contribution >= 0.6 is 0 Å². The molecule has 18 heavy (non-hydrogen) atoms. The summed E-state index contributed by atoms with van der Waals surface area (Å²) in [5.74, 6) is 0. The molecule has 0 aromatic rings. The van der Waals surface area contributed by atoms with E-state index in [1.165, 1.54) is 0 Å². The van der Waals surface area contributed by atoms with Gasteiger partial charge in [-0.25, -0.2) is 0 Å². The van der Waals surface area contributed by atoms with E-state index in [1.807, 2.05) is 20.8 Å². The molecule has 0 aromatic carbocycles. The lowest BCUT2D eigenvalue weighted by Gasteiger charge is -2.33. The van der Waals surface area contributed by atoms with Crippen LogP contribution in [0.2, 0.25) is 6.04 Å². The Morgan fingerprint density at radius 2 is 1.56 bits per heavy atom. The fraction of sp³-hybridized carbons (Fsp3) is 1.00. The summed E-state index contributed by atoms with van der Waals surface area (Å²) in [4.78, 5) is 0. The lowest BCUT2D eigenvalue weighted by atomic mass is 10.2. The van der Waals surface area contributed by atoms with Gasteiger partial charge in [0.05, 0.1) is 18.3 Å². The summed E-state index contributed by atoms with van der Waals surface area (Å²) >= 11 is 0. The Morgan fingerprint density at radius 3 is 1.83 bits per heavy atom. The molecule has 0 radical (unpaired) electrons. The van der Waals surface area contributed by atoms with Gasteiger partial charge < -0.3 is 18.0 Å². The van der Waals surface area contributed by atoms with Crippen LogP contribution in [-0.2, 0) is 18.0 Å². The van der Waals surface area contributed by atoms with Gasteiger partial charge in [0.25, 0.3) is 0 Å². The molecule has 1 unspecified atom stereocenters. The standard InChI is InChI=1S/C10H22O4Si.3CH4/c1-10(2,3)14-15(11-4,12-5)7-6-9-8-13-9;;;/h9H,6-8H2,1-5H3;3*1H4. The van der Waals surface area contributed by atoms with Gasteiger partial charge in [-0.3, -0.25) is 0 Å². The Labute approximate surface area is 115 Å². The van der Waals surface area contributed by atoms with Crippen molar-refractivity contribution < 1.29 is 18.0 Å². The monoisotopic (exact) mass is 282 g/mol. The molecule has 114 valence electrons. The minimum absolute atomic E-state index is 0. The second-order valence-corrected chi connectivity index (χ2v) is 7.69. The SMILES string of the molecule is C.C.C.CO[Si](CCC1CO1)(OC)OC(C)(C)C. The molecule has 1 aliphatic rings. The van der Waals surface area contributed by atoms with Gasteiger partial charge in [0.1, 0.15) is 0 Å². The zero-order valence-electron chi connectivity index (χ0n) is 10.3. The Kier molecular flexibility index (Phi) is 11.6.